The van der Waals surface area contributed by atoms with E-state index in [0.717, 1.165) is 11.3 Å². The van der Waals surface area contributed by atoms with Gasteiger partial charge in [0.25, 0.3) is 0 Å². The van der Waals surface area contributed by atoms with Gasteiger partial charge in [0.1, 0.15) is 0 Å². The van der Waals surface area contributed by atoms with Crippen molar-refractivity contribution in [3.63, 3.8) is 0 Å². The van der Waals surface area contributed by atoms with E-state index in [1.165, 1.54) is 7.11 Å². The normalized spacial score (nSPS) is 11.8. The van der Waals surface area contributed by atoms with E-state index in [9.17, 15) is 5.11 Å². The summed E-state index contributed by atoms with van der Waals surface area (Å²) in [6, 6.07) is 9.04. The Morgan fingerprint density at radius 3 is 2.55 bits per heavy atom. The number of nitrogens with zero attached hydrogens (tertiary/aromatic N) is 1. The summed E-state index contributed by atoms with van der Waals surface area (Å²) in [6.07, 6.45) is 1.72. The number of pyridine rings is 1. The van der Waals surface area contributed by atoms with Crippen molar-refractivity contribution in [1.29, 1.82) is 0 Å². The quantitative estimate of drug-likeness (QED) is 0.877. The summed E-state index contributed by atoms with van der Waals surface area (Å²) >= 11 is 0. The van der Waals surface area contributed by atoms with Crippen LogP contribution in [0.4, 0.5) is 5.69 Å². The molecule has 5 nitrogen and oxygen atoms in total. The van der Waals surface area contributed by atoms with Crippen LogP contribution in [-0.4, -0.2) is 24.3 Å². The topological polar surface area (TPSA) is 63.6 Å². The van der Waals surface area contributed by atoms with Gasteiger partial charge in [0.2, 0.25) is 5.88 Å². The summed E-state index contributed by atoms with van der Waals surface area (Å²) in [5.41, 5.74) is 1.90. The predicted molar refractivity (Wildman–Crippen MR) is 77.5 cm³/mol. The van der Waals surface area contributed by atoms with Crippen molar-refractivity contribution in [2.75, 3.05) is 19.5 Å². The van der Waals surface area contributed by atoms with Gasteiger partial charge < -0.3 is 19.9 Å². The zero-order valence-electron chi connectivity index (χ0n) is 11.8. The number of hydrogen-bond acceptors (Lipinski definition) is 5. The van der Waals surface area contributed by atoms with Crippen molar-refractivity contribution in [1.82, 2.24) is 4.98 Å². The van der Waals surface area contributed by atoms with E-state index in [1.807, 2.05) is 25.1 Å². The van der Waals surface area contributed by atoms with E-state index in [4.69, 9.17) is 9.47 Å². The second-order valence-electron chi connectivity index (χ2n) is 4.39. The maximum absolute atomic E-state index is 9.59. The number of nitrogens with one attached hydrogen (secondary N) is 1. The standard InChI is InChI=1S/C15H18N2O3/c1-10(11-4-6-13(18)14(8-11)19-2)17-12-5-7-15(20-3)16-9-12/h4-10,17-18H,1-3H3. The first-order valence-electron chi connectivity index (χ1n) is 6.27. The third kappa shape index (κ3) is 3.12. The molecule has 1 unspecified atom stereocenters. The molecule has 2 N–H and O–H groups in total. The fourth-order valence-electron chi connectivity index (χ4n) is 1.88. The van der Waals surface area contributed by atoms with Crippen molar-refractivity contribution in [2.45, 2.75) is 13.0 Å². The van der Waals surface area contributed by atoms with Gasteiger partial charge in [0.05, 0.1) is 26.1 Å². The number of phenolic OH excluding ortho intramolecular Hbond substituents is 1. The number of anilines is 1. The van der Waals surface area contributed by atoms with Gasteiger partial charge in [0.15, 0.2) is 11.5 Å². The maximum Gasteiger partial charge on any atom is 0.213 e. The second kappa shape index (κ2) is 6.14. The summed E-state index contributed by atoms with van der Waals surface area (Å²) in [5, 5.41) is 12.9. The lowest BCUT2D eigenvalue weighted by Gasteiger charge is -2.16. The van der Waals surface area contributed by atoms with E-state index >= 15 is 0 Å². The number of ether oxygens (including phenoxy) is 2. The average Bonchev–Trinajstić information content (AvgIpc) is 2.48. The van der Waals surface area contributed by atoms with Gasteiger partial charge in [-0.1, -0.05) is 6.07 Å². The molecule has 20 heavy (non-hydrogen) atoms. The van der Waals surface area contributed by atoms with Crippen LogP contribution in [0.3, 0.4) is 0 Å². The Morgan fingerprint density at radius 2 is 1.95 bits per heavy atom. The first-order valence-corrected chi connectivity index (χ1v) is 6.27. The molecule has 0 spiro atoms. The molecule has 0 aliphatic carbocycles. The summed E-state index contributed by atoms with van der Waals surface area (Å²) in [6.45, 7) is 2.02. The van der Waals surface area contributed by atoms with Gasteiger partial charge in [-0.3, -0.25) is 0 Å². The molecule has 0 amide bonds. The smallest absolute Gasteiger partial charge is 0.213 e. The minimum Gasteiger partial charge on any atom is -0.504 e. The SMILES string of the molecule is COc1ccc(NC(C)c2ccc(O)c(OC)c2)cn1. The molecule has 0 aliphatic rings. The number of benzene rings is 1. The molecule has 2 aromatic rings. The molecule has 0 bridgehead atoms. The average molecular weight is 274 g/mol. The van der Waals surface area contributed by atoms with Gasteiger partial charge in [-0.25, -0.2) is 4.98 Å². The highest BCUT2D eigenvalue weighted by Gasteiger charge is 2.09. The first kappa shape index (κ1) is 14.0. The number of phenols is 1. The Kier molecular flexibility index (Phi) is 4.30. The van der Waals surface area contributed by atoms with Crippen LogP contribution in [0.15, 0.2) is 36.5 Å². The highest BCUT2D eigenvalue weighted by atomic mass is 16.5. The van der Waals surface area contributed by atoms with E-state index < -0.39 is 0 Å². The Hall–Kier alpha value is -2.43. The van der Waals surface area contributed by atoms with Crippen LogP contribution in [0, 0.1) is 0 Å². The van der Waals surface area contributed by atoms with Crippen LogP contribution in [0.1, 0.15) is 18.5 Å². The summed E-state index contributed by atoms with van der Waals surface area (Å²) < 4.78 is 10.1. The molecule has 0 fully saturated rings. The van der Waals surface area contributed by atoms with Gasteiger partial charge in [-0.15, -0.1) is 0 Å². The number of aromatic nitrogens is 1. The van der Waals surface area contributed by atoms with Crippen LogP contribution in [-0.2, 0) is 0 Å². The lowest BCUT2D eigenvalue weighted by molar-refractivity contribution is 0.373. The highest BCUT2D eigenvalue weighted by molar-refractivity contribution is 5.47. The molecule has 1 aromatic carbocycles. The van der Waals surface area contributed by atoms with Gasteiger partial charge in [-0.2, -0.15) is 0 Å². The molecule has 0 saturated carbocycles. The largest absolute Gasteiger partial charge is 0.504 e. The third-order valence-corrected chi connectivity index (χ3v) is 3.03. The van der Waals surface area contributed by atoms with Crippen LogP contribution < -0.4 is 14.8 Å². The van der Waals surface area contributed by atoms with Crippen LogP contribution in [0.2, 0.25) is 0 Å². The molecule has 0 aliphatic heterocycles. The van der Waals surface area contributed by atoms with Gasteiger partial charge >= 0.3 is 0 Å². The number of methoxy groups -OCH3 is 2. The van der Waals surface area contributed by atoms with Gasteiger partial charge in [-0.05, 0) is 30.7 Å². The molecule has 1 aromatic heterocycles. The minimum atomic E-state index is 0.0553. The van der Waals surface area contributed by atoms with Crippen molar-refractivity contribution < 1.29 is 14.6 Å². The Morgan fingerprint density at radius 1 is 1.15 bits per heavy atom. The molecule has 0 saturated heterocycles. The summed E-state index contributed by atoms with van der Waals surface area (Å²) in [5.74, 6) is 1.17. The zero-order valence-corrected chi connectivity index (χ0v) is 11.8. The van der Waals surface area contributed by atoms with Crippen LogP contribution >= 0.6 is 0 Å². The fraction of sp³-hybridized carbons (Fsp3) is 0.267. The second-order valence-corrected chi connectivity index (χ2v) is 4.39. The van der Waals surface area contributed by atoms with Crippen LogP contribution in [0.5, 0.6) is 17.4 Å². The molecule has 0 radical (unpaired) electrons. The highest BCUT2D eigenvalue weighted by Crippen LogP contribution is 2.30. The maximum atomic E-state index is 9.59. The lowest BCUT2D eigenvalue weighted by atomic mass is 10.1. The van der Waals surface area contributed by atoms with E-state index in [0.29, 0.717) is 11.6 Å². The van der Waals surface area contributed by atoms with Crippen molar-refractivity contribution in [3.05, 3.63) is 42.1 Å². The molecule has 2 rings (SSSR count). The van der Waals surface area contributed by atoms with Gasteiger partial charge in [0, 0.05) is 12.1 Å². The van der Waals surface area contributed by atoms with Crippen molar-refractivity contribution >= 4 is 5.69 Å². The molecule has 106 valence electrons. The molecule has 5 heteroatoms. The van der Waals surface area contributed by atoms with E-state index in [1.54, 1.807) is 25.4 Å². The third-order valence-electron chi connectivity index (χ3n) is 3.03. The van der Waals surface area contributed by atoms with Crippen molar-refractivity contribution in [3.8, 4) is 17.4 Å². The molecule has 1 atom stereocenters. The monoisotopic (exact) mass is 274 g/mol. The Balaban J connectivity index is 2.12. The van der Waals surface area contributed by atoms with E-state index in [2.05, 4.69) is 10.3 Å². The van der Waals surface area contributed by atoms with E-state index in [-0.39, 0.29) is 11.8 Å². The summed E-state index contributed by atoms with van der Waals surface area (Å²) in [7, 11) is 3.12. The molecular formula is C15H18N2O3. The lowest BCUT2D eigenvalue weighted by Crippen LogP contribution is -2.07. The Labute approximate surface area is 118 Å². The van der Waals surface area contributed by atoms with Crippen LogP contribution in [0.25, 0.3) is 0 Å². The predicted octanol–water partition coefficient (Wildman–Crippen LogP) is 2.98. The first-order chi connectivity index (χ1) is 9.63. The molecular weight excluding hydrogens is 256 g/mol. The molecule has 1 heterocycles. The van der Waals surface area contributed by atoms with Crippen molar-refractivity contribution in [2.24, 2.45) is 0 Å². The zero-order chi connectivity index (χ0) is 14.5. The summed E-state index contributed by atoms with van der Waals surface area (Å²) in [4.78, 5) is 4.14. The number of hydrogen-bond donors (Lipinski definition) is 2. The Bertz CT molecular complexity index is 570. The number of aromatic hydroxyl groups is 1. The fourth-order valence-corrected chi connectivity index (χ4v) is 1.88. The number of rotatable bonds is 5. The minimum absolute atomic E-state index is 0.0553.